The molecule has 0 radical (unpaired) electrons. The highest BCUT2D eigenvalue weighted by molar-refractivity contribution is 7.26. The average molecular weight is 820 g/mol. The number of para-hydroxylation sites is 3. The second kappa shape index (κ2) is 13.2. The summed E-state index contributed by atoms with van der Waals surface area (Å²) in [5.41, 5.74) is 14.7. The first-order chi connectivity index (χ1) is 31.3. The minimum absolute atomic E-state index is 0.570. The van der Waals surface area contributed by atoms with Gasteiger partial charge in [-0.05, 0) is 46.5 Å². The fourth-order valence-corrected chi connectivity index (χ4v) is 11.5. The summed E-state index contributed by atoms with van der Waals surface area (Å²) in [5.74, 6) is 1.82. The molecule has 5 nitrogen and oxygen atoms in total. The molecule has 0 unspecified atom stereocenters. The van der Waals surface area contributed by atoms with Gasteiger partial charge in [-0.15, -0.1) is 11.3 Å². The van der Waals surface area contributed by atoms with E-state index in [1.165, 1.54) is 64.5 Å². The van der Waals surface area contributed by atoms with Crippen LogP contribution in [-0.2, 0) is 0 Å². The summed E-state index contributed by atoms with van der Waals surface area (Å²) in [6.07, 6.45) is 0. The number of benzene rings is 9. The van der Waals surface area contributed by atoms with Crippen LogP contribution >= 0.6 is 11.3 Å². The molecule has 63 heavy (non-hydrogen) atoms. The summed E-state index contributed by atoms with van der Waals surface area (Å²) in [6.45, 7) is 0. The largest absolute Gasteiger partial charge is 0.306 e. The van der Waals surface area contributed by atoms with Crippen LogP contribution in [0.2, 0.25) is 0 Å². The number of fused-ring (bicyclic) bond motifs is 15. The molecule has 0 saturated carbocycles. The van der Waals surface area contributed by atoms with Gasteiger partial charge >= 0.3 is 0 Å². The molecule has 1 aliphatic heterocycles. The van der Waals surface area contributed by atoms with Crippen molar-refractivity contribution in [3.63, 3.8) is 0 Å². The van der Waals surface area contributed by atoms with Crippen molar-refractivity contribution < 1.29 is 0 Å². The Kier molecular flexibility index (Phi) is 7.21. The van der Waals surface area contributed by atoms with Crippen molar-refractivity contribution in [2.24, 2.45) is 0 Å². The maximum Gasteiger partial charge on any atom is 0.238 e. The van der Waals surface area contributed by atoms with E-state index in [4.69, 9.17) is 15.0 Å². The van der Waals surface area contributed by atoms with Crippen LogP contribution in [0.25, 0.3) is 132 Å². The molecule has 0 fully saturated rings. The lowest BCUT2D eigenvalue weighted by atomic mass is 9.94. The zero-order valence-corrected chi connectivity index (χ0v) is 34.5. The van der Waals surface area contributed by atoms with Crippen LogP contribution in [0.4, 0.5) is 0 Å². The first-order valence-electron chi connectivity index (χ1n) is 21.3. The minimum atomic E-state index is 0.570. The highest BCUT2D eigenvalue weighted by atomic mass is 32.1. The Morgan fingerprint density at radius 3 is 1.63 bits per heavy atom. The van der Waals surface area contributed by atoms with Gasteiger partial charge in [0.1, 0.15) is 0 Å². The molecular formula is C57H33N5S. The fraction of sp³-hybridized carbons (Fsp3) is 0. The van der Waals surface area contributed by atoms with Crippen LogP contribution in [0.5, 0.6) is 0 Å². The monoisotopic (exact) mass is 819 g/mol. The molecule has 0 spiro atoms. The molecule has 1 aliphatic rings. The number of nitrogens with zero attached hydrogens (tertiary/aromatic N) is 5. The molecule has 0 aliphatic carbocycles. The number of hydrogen-bond acceptors (Lipinski definition) is 4. The maximum absolute atomic E-state index is 5.59. The highest BCUT2D eigenvalue weighted by Crippen LogP contribution is 2.49. The summed E-state index contributed by atoms with van der Waals surface area (Å²) in [7, 11) is 0. The average Bonchev–Trinajstić information content (AvgIpc) is 4.00. The lowest BCUT2D eigenvalue weighted by molar-refractivity contribution is 0.954. The van der Waals surface area contributed by atoms with Gasteiger partial charge < -0.3 is 4.57 Å². The van der Waals surface area contributed by atoms with E-state index >= 15 is 0 Å². The Morgan fingerprint density at radius 2 is 0.841 bits per heavy atom. The first kappa shape index (κ1) is 34.5. The van der Waals surface area contributed by atoms with Gasteiger partial charge in [0.2, 0.25) is 5.95 Å². The van der Waals surface area contributed by atoms with Crippen LogP contribution in [0.3, 0.4) is 0 Å². The van der Waals surface area contributed by atoms with Crippen molar-refractivity contribution in [2.75, 3.05) is 0 Å². The topological polar surface area (TPSA) is 48.5 Å². The Balaban J connectivity index is 1.14. The normalized spacial score (nSPS) is 12.1. The van der Waals surface area contributed by atoms with Crippen molar-refractivity contribution >= 4 is 75.1 Å². The molecule has 0 N–H and O–H groups in total. The van der Waals surface area contributed by atoms with Crippen molar-refractivity contribution in [3.05, 3.63) is 200 Å². The molecule has 5 heterocycles. The van der Waals surface area contributed by atoms with Crippen LogP contribution in [0.1, 0.15) is 0 Å². The van der Waals surface area contributed by atoms with Gasteiger partial charge in [0, 0.05) is 64.0 Å². The van der Waals surface area contributed by atoms with Gasteiger partial charge in [-0.25, -0.2) is 4.98 Å². The predicted molar refractivity (Wildman–Crippen MR) is 262 cm³/mol. The number of hydrogen-bond donors (Lipinski definition) is 0. The van der Waals surface area contributed by atoms with Crippen LogP contribution in [0, 0.1) is 0 Å². The van der Waals surface area contributed by atoms with E-state index in [0.717, 1.165) is 49.5 Å². The number of aromatic nitrogens is 5. The van der Waals surface area contributed by atoms with Crippen LogP contribution in [-0.4, -0.2) is 24.1 Å². The van der Waals surface area contributed by atoms with E-state index in [0.29, 0.717) is 17.6 Å². The van der Waals surface area contributed by atoms with Crippen molar-refractivity contribution in [3.8, 4) is 67.8 Å². The Labute approximate surface area is 365 Å². The zero-order chi connectivity index (χ0) is 41.2. The van der Waals surface area contributed by atoms with Gasteiger partial charge in [0.15, 0.2) is 11.6 Å². The third-order valence-corrected chi connectivity index (χ3v) is 14.1. The van der Waals surface area contributed by atoms with E-state index in [9.17, 15) is 0 Å². The molecule has 0 amide bonds. The predicted octanol–water partition coefficient (Wildman–Crippen LogP) is 15.1. The lowest BCUT2D eigenvalue weighted by Gasteiger charge is -2.15. The van der Waals surface area contributed by atoms with Gasteiger partial charge in [-0.3, -0.25) is 4.57 Å². The Morgan fingerprint density at radius 1 is 0.317 bits per heavy atom. The van der Waals surface area contributed by atoms with Gasteiger partial charge in [0.25, 0.3) is 0 Å². The summed E-state index contributed by atoms with van der Waals surface area (Å²) in [5, 5.41) is 7.03. The minimum Gasteiger partial charge on any atom is -0.306 e. The molecule has 0 bridgehead atoms. The Hall–Kier alpha value is -8.19. The zero-order valence-electron chi connectivity index (χ0n) is 33.7. The molecule has 9 aromatic carbocycles. The summed E-state index contributed by atoms with van der Waals surface area (Å²) >= 11 is 1.81. The van der Waals surface area contributed by atoms with E-state index in [1.54, 1.807) is 0 Å². The van der Waals surface area contributed by atoms with Crippen molar-refractivity contribution in [1.82, 2.24) is 24.1 Å². The first-order valence-corrected chi connectivity index (χ1v) is 22.1. The van der Waals surface area contributed by atoms with Crippen molar-refractivity contribution in [2.45, 2.75) is 0 Å². The molecule has 4 aromatic heterocycles. The van der Waals surface area contributed by atoms with E-state index in [2.05, 4.69) is 203 Å². The van der Waals surface area contributed by atoms with Crippen LogP contribution in [0.15, 0.2) is 200 Å². The van der Waals surface area contributed by atoms with E-state index in [1.807, 2.05) is 17.4 Å². The Bertz CT molecular complexity index is 4030. The standard InChI is InChI=1S/C57H33N5S/c1-3-16-34(17-4-1)36-24-14-30-48-50(36)51-45(27-15-31-49(51)63-48)56-58-55(35-18-5-2-6-19-35)59-57(60-56)62-47-29-12-10-23-40(47)43-32-33-44-42-26-13-25-41-38-21-8-7-20-37(38)39-22-9-11-28-46(39)61(52(41)42)53(44)54(43)62/h1-33H. The van der Waals surface area contributed by atoms with E-state index < -0.39 is 0 Å². The van der Waals surface area contributed by atoms with Gasteiger partial charge in [0.05, 0.1) is 27.8 Å². The number of rotatable bonds is 4. The lowest BCUT2D eigenvalue weighted by Crippen LogP contribution is -2.07. The third-order valence-electron chi connectivity index (χ3n) is 12.9. The third kappa shape index (κ3) is 4.89. The smallest absolute Gasteiger partial charge is 0.238 e. The molecule has 292 valence electrons. The molecule has 0 atom stereocenters. The summed E-state index contributed by atoms with van der Waals surface area (Å²) in [4.78, 5) is 16.4. The second-order valence-corrected chi connectivity index (χ2v) is 17.4. The van der Waals surface area contributed by atoms with Crippen LogP contribution < -0.4 is 0 Å². The highest BCUT2D eigenvalue weighted by Gasteiger charge is 2.28. The maximum atomic E-state index is 5.59. The second-order valence-electron chi connectivity index (χ2n) is 16.3. The SMILES string of the molecule is c1ccc(-c2nc(-c3cccc4sc5cccc(-c6ccccc6)c5c34)nc(-n3c4ccccc4c4ccc5c6cccc7c6n(c5c43)-c3ccccc3-c3ccccc3-7)n2)cc1. The summed E-state index contributed by atoms with van der Waals surface area (Å²) in [6, 6.07) is 71.8. The quantitative estimate of drug-likeness (QED) is 0.178. The summed E-state index contributed by atoms with van der Waals surface area (Å²) < 4.78 is 7.23. The van der Waals surface area contributed by atoms with Gasteiger partial charge in [-0.1, -0.05) is 176 Å². The molecule has 0 saturated heterocycles. The van der Waals surface area contributed by atoms with Gasteiger partial charge in [-0.2, -0.15) is 9.97 Å². The van der Waals surface area contributed by atoms with Crippen molar-refractivity contribution in [1.29, 1.82) is 0 Å². The molecule has 14 rings (SSSR count). The fourth-order valence-electron chi connectivity index (χ4n) is 10.3. The molecule has 6 heteroatoms. The van der Waals surface area contributed by atoms with E-state index in [-0.39, 0.29) is 0 Å². The molecular weight excluding hydrogens is 787 g/mol. The number of thiophene rings is 1. The molecule has 13 aromatic rings.